The van der Waals surface area contributed by atoms with Gasteiger partial charge in [-0.15, -0.1) is 0 Å². The standard InChI is InChI=1S/C30H36N2O2/c1-5-7-10-23-14-21(3)29(33)25(16-23)19-31-27-12-9-13-28(18-27)32-20-26-17-24(11-8-6-2)15-22(4)30(26)34/h9,12-20,33-34H,5-8,10-11H2,1-4H3. The molecule has 0 spiro atoms. The number of aliphatic imine (C=N–C) groups is 2. The number of aromatic hydroxyl groups is 2. The molecule has 0 heterocycles. The van der Waals surface area contributed by atoms with E-state index in [2.05, 4.69) is 23.8 Å². The summed E-state index contributed by atoms with van der Waals surface area (Å²) in [6, 6.07) is 15.7. The molecule has 178 valence electrons. The zero-order valence-electron chi connectivity index (χ0n) is 20.8. The molecule has 0 saturated heterocycles. The second-order valence-electron chi connectivity index (χ2n) is 8.94. The average Bonchev–Trinajstić information content (AvgIpc) is 2.83. The lowest BCUT2D eigenvalue weighted by molar-refractivity contribution is 0.469. The molecular formula is C30H36N2O2. The first-order valence-corrected chi connectivity index (χ1v) is 12.2. The van der Waals surface area contributed by atoms with Gasteiger partial charge in [-0.1, -0.05) is 44.9 Å². The van der Waals surface area contributed by atoms with E-state index < -0.39 is 0 Å². The maximum atomic E-state index is 10.5. The SMILES string of the molecule is CCCCc1cc(C)c(O)c(C=Nc2cccc(N=Cc3cc(CCCC)cc(C)c3O)c2)c1. The molecule has 3 aromatic rings. The average molecular weight is 457 g/mol. The maximum Gasteiger partial charge on any atom is 0.127 e. The van der Waals surface area contributed by atoms with E-state index in [9.17, 15) is 10.2 Å². The van der Waals surface area contributed by atoms with Gasteiger partial charge in [0.1, 0.15) is 11.5 Å². The molecule has 34 heavy (non-hydrogen) atoms. The van der Waals surface area contributed by atoms with Crippen LogP contribution in [0.15, 0.2) is 58.5 Å². The van der Waals surface area contributed by atoms with Gasteiger partial charge in [-0.25, -0.2) is 0 Å². The van der Waals surface area contributed by atoms with Crippen molar-refractivity contribution in [1.82, 2.24) is 0 Å². The highest BCUT2D eigenvalue weighted by Gasteiger charge is 2.07. The number of hydrogen-bond donors (Lipinski definition) is 2. The first-order valence-electron chi connectivity index (χ1n) is 12.2. The summed E-state index contributed by atoms with van der Waals surface area (Å²) < 4.78 is 0. The minimum atomic E-state index is 0.270. The van der Waals surface area contributed by atoms with E-state index in [0.717, 1.165) is 72.2 Å². The Morgan fingerprint density at radius 2 is 1.12 bits per heavy atom. The van der Waals surface area contributed by atoms with Gasteiger partial charge in [0, 0.05) is 23.6 Å². The fourth-order valence-corrected chi connectivity index (χ4v) is 3.96. The van der Waals surface area contributed by atoms with Crippen LogP contribution in [0.25, 0.3) is 0 Å². The summed E-state index contributed by atoms with van der Waals surface area (Å²) in [5, 5.41) is 21.0. The lowest BCUT2D eigenvalue weighted by Crippen LogP contribution is -1.92. The zero-order chi connectivity index (χ0) is 24.5. The minimum Gasteiger partial charge on any atom is -0.507 e. The van der Waals surface area contributed by atoms with Crippen LogP contribution in [0, 0.1) is 13.8 Å². The van der Waals surface area contributed by atoms with Crippen molar-refractivity contribution in [3.8, 4) is 11.5 Å². The summed E-state index contributed by atoms with van der Waals surface area (Å²) in [5.74, 6) is 0.541. The summed E-state index contributed by atoms with van der Waals surface area (Å²) in [4.78, 5) is 9.17. The number of benzene rings is 3. The topological polar surface area (TPSA) is 65.2 Å². The highest BCUT2D eigenvalue weighted by Crippen LogP contribution is 2.27. The molecule has 0 aliphatic heterocycles. The molecule has 3 aromatic carbocycles. The lowest BCUT2D eigenvalue weighted by Gasteiger charge is -2.08. The van der Waals surface area contributed by atoms with Crippen LogP contribution in [-0.2, 0) is 12.8 Å². The van der Waals surface area contributed by atoms with Crippen molar-refractivity contribution in [2.45, 2.75) is 66.2 Å². The summed E-state index contributed by atoms with van der Waals surface area (Å²) >= 11 is 0. The number of phenolic OH excluding ortho intramolecular Hbond substituents is 2. The largest absolute Gasteiger partial charge is 0.507 e. The summed E-state index contributed by atoms with van der Waals surface area (Å²) in [6.07, 6.45) is 9.94. The Hall–Kier alpha value is -3.40. The second-order valence-corrected chi connectivity index (χ2v) is 8.94. The molecule has 4 heteroatoms. The molecule has 3 rings (SSSR count). The Bertz CT molecular complexity index is 1090. The number of aryl methyl sites for hydroxylation is 4. The molecule has 0 unspecified atom stereocenters. The third-order valence-corrected chi connectivity index (χ3v) is 5.95. The fraction of sp³-hybridized carbons (Fsp3) is 0.333. The van der Waals surface area contributed by atoms with E-state index in [-0.39, 0.29) is 11.5 Å². The summed E-state index contributed by atoms with van der Waals surface area (Å²) in [6.45, 7) is 8.20. The minimum absolute atomic E-state index is 0.270. The van der Waals surface area contributed by atoms with Gasteiger partial charge in [0.25, 0.3) is 0 Å². The van der Waals surface area contributed by atoms with Crippen LogP contribution in [0.5, 0.6) is 11.5 Å². The third-order valence-electron chi connectivity index (χ3n) is 5.95. The van der Waals surface area contributed by atoms with Crippen LogP contribution in [-0.4, -0.2) is 22.6 Å². The number of hydrogen-bond acceptors (Lipinski definition) is 4. The van der Waals surface area contributed by atoms with Crippen molar-refractivity contribution >= 4 is 23.8 Å². The van der Waals surface area contributed by atoms with Crippen LogP contribution < -0.4 is 0 Å². The van der Waals surface area contributed by atoms with Crippen molar-refractivity contribution in [3.63, 3.8) is 0 Å². The van der Waals surface area contributed by atoms with Gasteiger partial charge in [0.05, 0.1) is 11.4 Å². The smallest absolute Gasteiger partial charge is 0.127 e. The van der Waals surface area contributed by atoms with Gasteiger partial charge in [-0.05, 0) is 92.1 Å². The Labute approximate surface area is 203 Å². The molecule has 0 aromatic heterocycles. The Morgan fingerprint density at radius 1 is 0.676 bits per heavy atom. The second kappa shape index (κ2) is 12.2. The van der Waals surface area contributed by atoms with Gasteiger partial charge < -0.3 is 10.2 Å². The number of nitrogens with zero attached hydrogens (tertiary/aromatic N) is 2. The Kier molecular flexibility index (Phi) is 9.03. The maximum absolute atomic E-state index is 10.5. The molecule has 0 saturated carbocycles. The highest BCUT2D eigenvalue weighted by atomic mass is 16.3. The van der Waals surface area contributed by atoms with Crippen molar-refractivity contribution < 1.29 is 10.2 Å². The van der Waals surface area contributed by atoms with Crippen molar-refractivity contribution in [3.05, 3.63) is 81.9 Å². The van der Waals surface area contributed by atoms with Gasteiger partial charge in [-0.3, -0.25) is 9.98 Å². The monoisotopic (exact) mass is 456 g/mol. The number of rotatable bonds is 10. The zero-order valence-corrected chi connectivity index (χ0v) is 20.8. The molecule has 0 fully saturated rings. The van der Waals surface area contributed by atoms with Crippen molar-refractivity contribution in [2.75, 3.05) is 0 Å². The molecular weight excluding hydrogens is 420 g/mol. The molecule has 0 amide bonds. The lowest BCUT2D eigenvalue weighted by atomic mass is 10.0. The van der Waals surface area contributed by atoms with E-state index in [1.54, 1.807) is 12.4 Å². The Morgan fingerprint density at radius 3 is 1.53 bits per heavy atom. The molecule has 0 aliphatic rings. The van der Waals surface area contributed by atoms with Gasteiger partial charge in [-0.2, -0.15) is 0 Å². The van der Waals surface area contributed by atoms with E-state index in [1.165, 1.54) is 11.1 Å². The van der Waals surface area contributed by atoms with Gasteiger partial charge in [0.2, 0.25) is 0 Å². The predicted molar refractivity (Wildman–Crippen MR) is 144 cm³/mol. The van der Waals surface area contributed by atoms with E-state index in [1.807, 2.05) is 62.4 Å². The first-order chi connectivity index (χ1) is 16.4. The van der Waals surface area contributed by atoms with E-state index in [0.29, 0.717) is 0 Å². The van der Waals surface area contributed by atoms with Crippen LogP contribution in [0.3, 0.4) is 0 Å². The molecule has 2 N–H and O–H groups in total. The summed E-state index contributed by atoms with van der Waals surface area (Å²) in [7, 11) is 0. The normalized spacial score (nSPS) is 11.6. The van der Waals surface area contributed by atoms with E-state index in [4.69, 9.17) is 0 Å². The van der Waals surface area contributed by atoms with Gasteiger partial charge >= 0.3 is 0 Å². The molecule has 0 atom stereocenters. The quantitative estimate of drug-likeness (QED) is 0.304. The van der Waals surface area contributed by atoms with Crippen LogP contribution >= 0.6 is 0 Å². The van der Waals surface area contributed by atoms with Gasteiger partial charge in [0.15, 0.2) is 0 Å². The number of unbranched alkanes of at least 4 members (excludes halogenated alkanes) is 2. The predicted octanol–water partition coefficient (Wildman–Crippen LogP) is 7.90. The highest BCUT2D eigenvalue weighted by molar-refractivity contribution is 5.88. The van der Waals surface area contributed by atoms with Crippen molar-refractivity contribution in [1.29, 1.82) is 0 Å². The first kappa shape index (κ1) is 25.2. The van der Waals surface area contributed by atoms with E-state index >= 15 is 0 Å². The van der Waals surface area contributed by atoms with Crippen LogP contribution in [0.1, 0.15) is 72.9 Å². The summed E-state index contributed by atoms with van der Waals surface area (Å²) in [5.41, 5.74) is 7.12. The third kappa shape index (κ3) is 6.80. The van der Waals surface area contributed by atoms with Crippen molar-refractivity contribution in [2.24, 2.45) is 9.98 Å². The molecule has 0 radical (unpaired) electrons. The fourth-order valence-electron chi connectivity index (χ4n) is 3.96. The van der Waals surface area contributed by atoms with Crippen LogP contribution in [0.4, 0.5) is 11.4 Å². The molecule has 4 nitrogen and oxygen atoms in total. The van der Waals surface area contributed by atoms with Crippen LogP contribution in [0.2, 0.25) is 0 Å². The molecule has 0 bridgehead atoms. The molecule has 0 aliphatic carbocycles. The Balaban J connectivity index is 1.81. The number of phenols is 2.